The van der Waals surface area contributed by atoms with E-state index in [1.807, 2.05) is 24.3 Å². The third-order valence-electron chi connectivity index (χ3n) is 4.18. The molecule has 6 heteroatoms. The zero-order valence-corrected chi connectivity index (χ0v) is 15.8. The van der Waals surface area contributed by atoms with Crippen molar-refractivity contribution in [3.05, 3.63) is 59.7 Å². The SMILES string of the molecule is COc1ccccc1CCNC(=O)CN(C(C)=O)c1ccc(C(C)=O)cc1. The number of para-hydroxylation sites is 1. The van der Waals surface area contributed by atoms with Crippen molar-refractivity contribution in [1.82, 2.24) is 5.32 Å². The fourth-order valence-corrected chi connectivity index (χ4v) is 2.71. The summed E-state index contributed by atoms with van der Waals surface area (Å²) < 4.78 is 5.29. The molecule has 0 unspecified atom stereocenters. The Balaban J connectivity index is 1.94. The van der Waals surface area contributed by atoms with Gasteiger partial charge in [0.2, 0.25) is 11.8 Å². The van der Waals surface area contributed by atoms with Gasteiger partial charge in [-0.05, 0) is 49.2 Å². The Morgan fingerprint density at radius 3 is 2.26 bits per heavy atom. The fraction of sp³-hybridized carbons (Fsp3) is 0.286. The van der Waals surface area contributed by atoms with Crippen molar-refractivity contribution < 1.29 is 19.1 Å². The van der Waals surface area contributed by atoms with Crippen molar-refractivity contribution in [2.45, 2.75) is 20.3 Å². The number of hydrogen-bond donors (Lipinski definition) is 1. The molecule has 2 aromatic carbocycles. The molecule has 0 aromatic heterocycles. The van der Waals surface area contributed by atoms with Gasteiger partial charge in [0.05, 0.1) is 7.11 Å². The number of amides is 2. The van der Waals surface area contributed by atoms with Crippen LogP contribution in [0.4, 0.5) is 5.69 Å². The number of ketones is 1. The molecule has 0 aliphatic carbocycles. The van der Waals surface area contributed by atoms with E-state index >= 15 is 0 Å². The minimum Gasteiger partial charge on any atom is -0.496 e. The summed E-state index contributed by atoms with van der Waals surface area (Å²) in [5.74, 6) is 0.230. The molecule has 0 saturated heterocycles. The van der Waals surface area contributed by atoms with Crippen LogP contribution in [0.1, 0.15) is 29.8 Å². The fourth-order valence-electron chi connectivity index (χ4n) is 2.71. The van der Waals surface area contributed by atoms with Gasteiger partial charge in [0.15, 0.2) is 5.78 Å². The third kappa shape index (κ3) is 5.67. The largest absolute Gasteiger partial charge is 0.496 e. The molecule has 0 spiro atoms. The van der Waals surface area contributed by atoms with Crippen LogP contribution >= 0.6 is 0 Å². The molecule has 0 saturated carbocycles. The number of ether oxygens (including phenoxy) is 1. The van der Waals surface area contributed by atoms with E-state index in [9.17, 15) is 14.4 Å². The molecule has 0 heterocycles. The standard InChI is InChI=1S/C21H24N2O4/c1-15(24)17-8-10-19(11-9-17)23(16(2)25)14-21(26)22-13-12-18-6-4-5-7-20(18)27-3/h4-11H,12-14H2,1-3H3,(H,22,26). The second-order valence-electron chi connectivity index (χ2n) is 6.12. The van der Waals surface area contributed by atoms with Gasteiger partial charge in [0.1, 0.15) is 12.3 Å². The number of Topliss-reactive ketones (excluding diaryl/α,β-unsaturated/α-hetero) is 1. The Bertz CT molecular complexity index is 815. The first-order chi connectivity index (χ1) is 12.9. The highest BCUT2D eigenvalue weighted by atomic mass is 16.5. The lowest BCUT2D eigenvalue weighted by molar-refractivity contribution is -0.123. The number of rotatable bonds is 8. The van der Waals surface area contributed by atoms with Crippen LogP contribution in [0.25, 0.3) is 0 Å². The van der Waals surface area contributed by atoms with Gasteiger partial charge >= 0.3 is 0 Å². The van der Waals surface area contributed by atoms with E-state index in [4.69, 9.17) is 4.74 Å². The van der Waals surface area contributed by atoms with E-state index in [1.165, 1.54) is 18.7 Å². The number of carbonyl (C=O) groups excluding carboxylic acids is 3. The van der Waals surface area contributed by atoms with E-state index in [1.54, 1.807) is 31.4 Å². The van der Waals surface area contributed by atoms with Crippen LogP contribution in [0.5, 0.6) is 5.75 Å². The first kappa shape index (κ1) is 20.2. The van der Waals surface area contributed by atoms with Gasteiger partial charge in [0, 0.05) is 24.7 Å². The summed E-state index contributed by atoms with van der Waals surface area (Å²) in [6.07, 6.45) is 0.628. The molecule has 2 aromatic rings. The number of benzene rings is 2. The lowest BCUT2D eigenvalue weighted by Gasteiger charge is -2.21. The van der Waals surface area contributed by atoms with Gasteiger partial charge < -0.3 is 15.0 Å². The van der Waals surface area contributed by atoms with Crippen LogP contribution in [-0.4, -0.2) is 37.8 Å². The number of nitrogens with one attached hydrogen (secondary N) is 1. The van der Waals surface area contributed by atoms with Crippen molar-refractivity contribution >= 4 is 23.3 Å². The summed E-state index contributed by atoms with van der Waals surface area (Å²) in [6.45, 7) is 3.24. The minimum atomic E-state index is -0.254. The highest BCUT2D eigenvalue weighted by Crippen LogP contribution is 2.18. The molecule has 142 valence electrons. The maximum Gasteiger partial charge on any atom is 0.240 e. The van der Waals surface area contributed by atoms with E-state index in [2.05, 4.69) is 5.32 Å². The van der Waals surface area contributed by atoms with Crippen molar-refractivity contribution in [3.63, 3.8) is 0 Å². The number of carbonyl (C=O) groups is 3. The Morgan fingerprint density at radius 2 is 1.67 bits per heavy atom. The number of anilines is 1. The van der Waals surface area contributed by atoms with Crippen LogP contribution in [0.2, 0.25) is 0 Å². The lowest BCUT2D eigenvalue weighted by atomic mass is 10.1. The van der Waals surface area contributed by atoms with Crippen molar-refractivity contribution in [3.8, 4) is 5.75 Å². The van der Waals surface area contributed by atoms with Crippen molar-refractivity contribution in [1.29, 1.82) is 0 Å². The first-order valence-corrected chi connectivity index (χ1v) is 8.70. The van der Waals surface area contributed by atoms with Crippen LogP contribution < -0.4 is 15.0 Å². The lowest BCUT2D eigenvalue weighted by Crippen LogP contribution is -2.40. The average molecular weight is 368 g/mol. The Hall–Kier alpha value is -3.15. The summed E-state index contributed by atoms with van der Waals surface area (Å²) in [6, 6.07) is 14.3. The van der Waals surface area contributed by atoms with Crippen molar-refractivity contribution in [2.75, 3.05) is 25.1 Å². The number of hydrogen-bond acceptors (Lipinski definition) is 4. The number of nitrogens with zero attached hydrogens (tertiary/aromatic N) is 1. The predicted octanol–water partition coefficient (Wildman–Crippen LogP) is 2.61. The summed E-state index contributed by atoms with van der Waals surface area (Å²) in [5, 5.41) is 2.82. The molecule has 0 bridgehead atoms. The molecule has 0 radical (unpaired) electrons. The van der Waals surface area contributed by atoms with Crippen LogP contribution in [0.15, 0.2) is 48.5 Å². The molecule has 0 aliphatic rings. The topological polar surface area (TPSA) is 75.7 Å². The summed E-state index contributed by atoms with van der Waals surface area (Å²) in [7, 11) is 1.61. The zero-order chi connectivity index (χ0) is 19.8. The van der Waals surface area contributed by atoms with Gasteiger partial charge in [-0.2, -0.15) is 0 Å². The van der Waals surface area contributed by atoms with Gasteiger partial charge in [-0.3, -0.25) is 14.4 Å². The molecule has 27 heavy (non-hydrogen) atoms. The van der Waals surface area contributed by atoms with Crippen molar-refractivity contribution in [2.24, 2.45) is 0 Å². The zero-order valence-electron chi connectivity index (χ0n) is 15.8. The normalized spacial score (nSPS) is 10.2. The second-order valence-corrected chi connectivity index (χ2v) is 6.12. The molecule has 2 amide bonds. The summed E-state index contributed by atoms with van der Waals surface area (Å²) >= 11 is 0. The third-order valence-corrected chi connectivity index (χ3v) is 4.18. The molecule has 0 aliphatic heterocycles. The highest BCUT2D eigenvalue weighted by molar-refractivity contribution is 5.98. The Labute approximate surface area is 159 Å². The van der Waals surface area contributed by atoms with E-state index < -0.39 is 0 Å². The smallest absolute Gasteiger partial charge is 0.240 e. The molecular formula is C21H24N2O4. The van der Waals surface area contributed by atoms with E-state index in [-0.39, 0.29) is 24.1 Å². The molecule has 0 fully saturated rings. The van der Waals surface area contributed by atoms with Gasteiger partial charge in [-0.15, -0.1) is 0 Å². The second kappa shape index (κ2) is 9.52. The highest BCUT2D eigenvalue weighted by Gasteiger charge is 2.16. The quantitative estimate of drug-likeness (QED) is 0.727. The molecular weight excluding hydrogens is 344 g/mol. The van der Waals surface area contributed by atoms with Gasteiger partial charge in [0.25, 0.3) is 0 Å². The minimum absolute atomic E-state index is 0.0509. The Morgan fingerprint density at radius 1 is 1.00 bits per heavy atom. The molecule has 0 atom stereocenters. The van der Waals surface area contributed by atoms with Gasteiger partial charge in [-0.25, -0.2) is 0 Å². The molecule has 6 nitrogen and oxygen atoms in total. The molecule has 1 N–H and O–H groups in total. The average Bonchev–Trinajstić information content (AvgIpc) is 2.66. The monoisotopic (exact) mass is 368 g/mol. The first-order valence-electron chi connectivity index (χ1n) is 8.70. The molecule has 2 rings (SSSR count). The summed E-state index contributed by atoms with van der Waals surface area (Å²) in [5.41, 5.74) is 2.14. The van der Waals surface area contributed by atoms with Gasteiger partial charge in [-0.1, -0.05) is 18.2 Å². The van der Waals surface area contributed by atoms with Crippen LogP contribution in [-0.2, 0) is 16.0 Å². The summed E-state index contributed by atoms with van der Waals surface area (Å²) in [4.78, 5) is 36.9. The van der Waals surface area contributed by atoms with E-state index in [0.29, 0.717) is 24.2 Å². The number of methoxy groups -OCH3 is 1. The maximum absolute atomic E-state index is 12.3. The Kier molecular flexibility index (Phi) is 7.11. The predicted molar refractivity (Wildman–Crippen MR) is 104 cm³/mol. The van der Waals surface area contributed by atoms with Crippen LogP contribution in [0, 0.1) is 0 Å². The van der Waals surface area contributed by atoms with E-state index in [0.717, 1.165) is 11.3 Å². The maximum atomic E-state index is 12.3. The van der Waals surface area contributed by atoms with Crippen LogP contribution in [0.3, 0.4) is 0 Å².